The zero-order valence-corrected chi connectivity index (χ0v) is 11.9. The first-order valence-electron chi connectivity index (χ1n) is 6.72. The average Bonchev–Trinajstić information content (AvgIpc) is 2.34. The predicted molar refractivity (Wildman–Crippen MR) is 67.6 cm³/mol. The van der Waals surface area contributed by atoms with Gasteiger partial charge in [0.1, 0.15) is 0 Å². The van der Waals surface area contributed by atoms with Gasteiger partial charge in [0.15, 0.2) is 0 Å². The van der Waals surface area contributed by atoms with Crippen LogP contribution in [0.1, 0.15) is 53.4 Å². The first-order valence-corrected chi connectivity index (χ1v) is 6.72. The van der Waals surface area contributed by atoms with Gasteiger partial charge in [0.05, 0.1) is 13.2 Å². The second-order valence-corrected chi connectivity index (χ2v) is 4.81. The standard InChI is InChI=1S/C13H26O5/c1-5-7-8-12(6-2)10-15-13(14)17-18-16-9-11(3)4/h11-12H,5-10H2,1-4H3. The summed E-state index contributed by atoms with van der Waals surface area (Å²) in [6, 6.07) is 0. The fraction of sp³-hybridized carbons (Fsp3) is 0.923. The van der Waals surface area contributed by atoms with Crippen LogP contribution in [0.15, 0.2) is 0 Å². The maximum Gasteiger partial charge on any atom is 0.542 e. The lowest BCUT2D eigenvalue weighted by atomic mass is 10.0. The number of rotatable bonds is 10. The van der Waals surface area contributed by atoms with E-state index in [-0.39, 0.29) is 0 Å². The van der Waals surface area contributed by atoms with Crippen molar-refractivity contribution in [2.75, 3.05) is 13.2 Å². The molecule has 0 N–H and O–H groups in total. The van der Waals surface area contributed by atoms with Gasteiger partial charge in [-0.1, -0.05) is 47.0 Å². The Morgan fingerprint density at radius 3 is 2.44 bits per heavy atom. The molecular formula is C13H26O5. The van der Waals surface area contributed by atoms with Crippen LogP contribution < -0.4 is 0 Å². The Hall–Kier alpha value is -0.810. The van der Waals surface area contributed by atoms with Crippen molar-refractivity contribution < 1.29 is 24.3 Å². The second-order valence-electron chi connectivity index (χ2n) is 4.81. The van der Waals surface area contributed by atoms with E-state index < -0.39 is 6.16 Å². The van der Waals surface area contributed by atoms with Crippen molar-refractivity contribution in [2.24, 2.45) is 11.8 Å². The molecule has 0 heterocycles. The molecule has 0 fully saturated rings. The van der Waals surface area contributed by atoms with Gasteiger partial charge in [0, 0.05) is 0 Å². The third-order valence-corrected chi connectivity index (χ3v) is 2.53. The summed E-state index contributed by atoms with van der Waals surface area (Å²) in [7, 11) is 0. The first kappa shape index (κ1) is 17.2. The van der Waals surface area contributed by atoms with Crippen molar-refractivity contribution in [3.8, 4) is 0 Å². The van der Waals surface area contributed by atoms with Crippen molar-refractivity contribution in [2.45, 2.75) is 53.4 Å². The van der Waals surface area contributed by atoms with Gasteiger partial charge in [-0.3, -0.25) is 0 Å². The molecule has 0 radical (unpaired) electrons. The normalized spacial score (nSPS) is 12.5. The molecule has 0 spiro atoms. The Balaban J connectivity index is 3.55. The molecule has 0 aliphatic heterocycles. The maximum atomic E-state index is 11.1. The number of carbonyl (C=O) groups is 1. The highest BCUT2D eigenvalue weighted by Gasteiger charge is 2.12. The van der Waals surface area contributed by atoms with Crippen molar-refractivity contribution in [3.63, 3.8) is 0 Å². The molecule has 0 aliphatic rings. The maximum absolute atomic E-state index is 11.1. The Bertz CT molecular complexity index is 206. The summed E-state index contributed by atoms with van der Waals surface area (Å²) in [5, 5.41) is 4.28. The average molecular weight is 262 g/mol. The third kappa shape index (κ3) is 10.4. The molecule has 0 aromatic heterocycles. The molecule has 5 heteroatoms. The van der Waals surface area contributed by atoms with Gasteiger partial charge in [0.25, 0.3) is 0 Å². The van der Waals surface area contributed by atoms with E-state index >= 15 is 0 Å². The molecule has 0 amide bonds. The van der Waals surface area contributed by atoms with Crippen LogP contribution in [0.25, 0.3) is 0 Å². The largest absolute Gasteiger partial charge is 0.542 e. The SMILES string of the molecule is CCCCC(CC)COC(=O)OOOCC(C)C. The molecule has 18 heavy (non-hydrogen) atoms. The van der Waals surface area contributed by atoms with Crippen LogP contribution in [0.5, 0.6) is 0 Å². The van der Waals surface area contributed by atoms with Crippen LogP contribution in [0.2, 0.25) is 0 Å². The number of carbonyl (C=O) groups excluding carboxylic acids is 1. The van der Waals surface area contributed by atoms with Crippen molar-refractivity contribution in [1.29, 1.82) is 0 Å². The van der Waals surface area contributed by atoms with Gasteiger partial charge in [-0.15, -0.1) is 0 Å². The number of hydrogen-bond acceptors (Lipinski definition) is 5. The van der Waals surface area contributed by atoms with E-state index in [1.807, 2.05) is 13.8 Å². The van der Waals surface area contributed by atoms with Gasteiger partial charge < -0.3 is 4.74 Å². The van der Waals surface area contributed by atoms with Gasteiger partial charge in [-0.25, -0.2) is 9.68 Å². The predicted octanol–water partition coefficient (Wildman–Crippen LogP) is 3.88. The topological polar surface area (TPSA) is 54.0 Å². The molecule has 0 rings (SSSR count). The Labute approximate surface area is 110 Å². The Morgan fingerprint density at radius 1 is 1.17 bits per heavy atom. The van der Waals surface area contributed by atoms with Gasteiger partial charge in [-0.2, -0.15) is 4.89 Å². The van der Waals surface area contributed by atoms with Gasteiger partial charge in [-0.05, 0) is 23.3 Å². The zero-order chi connectivity index (χ0) is 13.8. The van der Waals surface area contributed by atoms with Crippen molar-refractivity contribution in [3.05, 3.63) is 0 Å². The minimum absolute atomic E-state index is 0.308. The summed E-state index contributed by atoms with van der Waals surface area (Å²) in [6.45, 7) is 8.87. The lowest BCUT2D eigenvalue weighted by molar-refractivity contribution is -0.488. The molecule has 0 bridgehead atoms. The zero-order valence-electron chi connectivity index (χ0n) is 11.9. The molecule has 0 saturated heterocycles. The van der Waals surface area contributed by atoms with Crippen molar-refractivity contribution in [1.82, 2.24) is 0 Å². The van der Waals surface area contributed by atoms with Crippen LogP contribution in [0, 0.1) is 11.8 Å². The van der Waals surface area contributed by atoms with E-state index in [9.17, 15) is 4.79 Å². The summed E-state index contributed by atoms with van der Waals surface area (Å²) in [5.41, 5.74) is 0. The van der Waals surface area contributed by atoms with Gasteiger partial charge in [0.2, 0.25) is 0 Å². The van der Waals surface area contributed by atoms with Crippen LogP contribution in [-0.2, 0) is 19.6 Å². The van der Waals surface area contributed by atoms with E-state index in [0.29, 0.717) is 25.0 Å². The van der Waals surface area contributed by atoms with E-state index in [2.05, 4.69) is 28.7 Å². The number of hydrogen-bond donors (Lipinski definition) is 0. The summed E-state index contributed by atoms with van der Waals surface area (Å²) in [6.07, 6.45) is 3.48. The molecule has 0 aromatic carbocycles. The van der Waals surface area contributed by atoms with Gasteiger partial charge >= 0.3 is 6.16 Å². The quantitative estimate of drug-likeness (QED) is 0.259. The molecule has 1 unspecified atom stereocenters. The Kier molecular flexibility index (Phi) is 10.8. The molecule has 1 atom stereocenters. The lowest BCUT2D eigenvalue weighted by Crippen LogP contribution is -2.16. The van der Waals surface area contributed by atoms with Crippen LogP contribution >= 0.6 is 0 Å². The summed E-state index contributed by atoms with van der Waals surface area (Å²) < 4.78 is 4.93. The molecule has 5 nitrogen and oxygen atoms in total. The minimum atomic E-state index is -0.853. The lowest BCUT2D eigenvalue weighted by Gasteiger charge is -2.13. The van der Waals surface area contributed by atoms with E-state index in [0.717, 1.165) is 25.7 Å². The number of ether oxygens (including phenoxy) is 1. The monoisotopic (exact) mass is 262 g/mol. The van der Waals surface area contributed by atoms with Crippen LogP contribution in [0.3, 0.4) is 0 Å². The molecular weight excluding hydrogens is 236 g/mol. The second kappa shape index (κ2) is 11.3. The molecule has 108 valence electrons. The number of unbranched alkanes of at least 4 members (excludes halogenated alkanes) is 1. The fourth-order valence-electron chi connectivity index (χ4n) is 1.32. The minimum Gasteiger partial charge on any atom is -0.432 e. The highest BCUT2D eigenvalue weighted by molar-refractivity contribution is 5.58. The Morgan fingerprint density at radius 2 is 1.89 bits per heavy atom. The van der Waals surface area contributed by atoms with Crippen LogP contribution in [-0.4, -0.2) is 19.4 Å². The molecule has 0 aliphatic carbocycles. The highest BCUT2D eigenvalue weighted by atomic mass is 17.5. The first-order chi connectivity index (χ1) is 8.60. The smallest absolute Gasteiger partial charge is 0.432 e. The van der Waals surface area contributed by atoms with Crippen molar-refractivity contribution >= 4 is 6.16 Å². The van der Waals surface area contributed by atoms with E-state index in [1.54, 1.807) is 0 Å². The summed E-state index contributed by atoms with van der Waals surface area (Å²) in [5.74, 6) is 0.692. The summed E-state index contributed by atoms with van der Waals surface area (Å²) >= 11 is 0. The third-order valence-electron chi connectivity index (χ3n) is 2.53. The fourth-order valence-corrected chi connectivity index (χ4v) is 1.32. The van der Waals surface area contributed by atoms with Crippen LogP contribution in [0.4, 0.5) is 4.79 Å². The molecule has 0 saturated carbocycles. The summed E-state index contributed by atoms with van der Waals surface area (Å²) in [4.78, 5) is 20.1. The van der Waals surface area contributed by atoms with E-state index in [4.69, 9.17) is 4.74 Å². The van der Waals surface area contributed by atoms with E-state index in [1.165, 1.54) is 0 Å². The highest BCUT2D eigenvalue weighted by Crippen LogP contribution is 2.13. The molecule has 0 aromatic rings.